The van der Waals surface area contributed by atoms with Gasteiger partial charge in [-0.05, 0) is 68.5 Å². The van der Waals surface area contributed by atoms with E-state index in [1.165, 1.54) is 16.7 Å². The molecule has 4 heteroatoms. The Morgan fingerprint density at radius 1 is 0.933 bits per heavy atom. The summed E-state index contributed by atoms with van der Waals surface area (Å²) >= 11 is 0. The number of benzene rings is 2. The van der Waals surface area contributed by atoms with Crippen LogP contribution in [0.4, 0.5) is 5.69 Å². The fraction of sp³-hybridized carbons (Fsp3) is 0.269. The largest absolute Gasteiger partial charge is 0.337 e. The first-order valence-corrected chi connectivity index (χ1v) is 10.6. The second kappa shape index (κ2) is 8.23. The molecule has 0 aliphatic heterocycles. The van der Waals surface area contributed by atoms with Gasteiger partial charge >= 0.3 is 0 Å². The van der Waals surface area contributed by atoms with Crippen molar-refractivity contribution in [3.8, 4) is 11.5 Å². The van der Waals surface area contributed by atoms with Gasteiger partial charge in [0, 0.05) is 0 Å². The lowest BCUT2D eigenvalue weighted by Crippen LogP contribution is -2.01. The van der Waals surface area contributed by atoms with Crippen LogP contribution >= 0.6 is 0 Å². The Labute approximate surface area is 178 Å². The van der Waals surface area contributed by atoms with Gasteiger partial charge in [0.15, 0.2) is 5.82 Å². The summed E-state index contributed by atoms with van der Waals surface area (Å²) in [4.78, 5) is 18.1. The number of nitrogens with one attached hydrogen (secondary N) is 1. The van der Waals surface area contributed by atoms with Crippen molar-refractivity contribution in [2.45, 2.75) is 47.5 Å². The minimum Gasteiger partial charge on any atom is -0.337 e. The van der Waals surface area contributed by atoms with Gasteiger partial charge in [0.05, 0.1) is 28.1 Å². The second-order valence-electron chi connectivity index (χ2n) is 7.80. The van der Waals surface area contributed by atoms with Crippen LogP contribution < -0.4 is 0 Å². The van der Waals surface area contributed by atoms with E-state index in [-0.39, 0.29) is 0 Å². The molecule has 0 radical (unpaired) electrons. The van der Waals surface area contributed by atoms with Crippen molar-refractivity contribution in [3.63, 3.8) is 0 Å². The van der Waals surface area contributed by atoms with Crippen molar-refractivity contribution >= 4 is 22.4 Å². The standard InChI is InChI=1S/C26H28N4/c1-6-19-14-16(3)15-20(7-2)25(19)27-18(5)21-11-9-13-23(28-21)26-29-22-12-8-10-17(4)24(22)30-26/h8-15H,6-7H2,1-5H3,(H,29,30). The van der Waals surface area contributed by atoms with Crippen LogP contribution in [0.2, 0.25) is 0 Å². The number of aromatic nitrogens is 3. The third-order valence-corrected chi connectivity index (χ3v) is 5.53. The summed E-state index contributed by atoms with van der Waals surface area (Å²) in [6, 6.07) is 16.7. The molecule has 0 amide bonds. The molecule has 0 unspecified atom stereocenters. The van der Waals surface area contributed by atoms with Crippen LogP contribution in [0.1, 0.15) is 48.7 Å². The molecule has 0 bridgehead atoms. The van der Waals surface area contributed by atoms with Crippen molar-refractivity contribution in [2.75, 3.05) is 0 Å². The lowest BCUT2D eigenvalue weighted by atomic mass is 10.00. The van der Waals surface area contributed by atoms with Gasteiger partial charge in [0.1, 0.15) is 5.69 Å². The van der Waals surface area contributed by atoms with Crippen molar-refractivity contribution in [2.24, 2.45) is 4.99 Å². The Kier molecular flexibility index (Phi) is 5.49. The summed E-state index contributed by atoms with van der Waals surface area (Å²) in [5.74, 6) is 0.785. The van der Waals surface area contributed by atoms with Gasteiger partial charge in [-0.2, -0.15) is 0 Å². The molecule has 0 spiro atoms. The molecule has 4 aromatic rings. The molecular weight excluding hydrogens is 368 g/mol. The third kappa shape index (κ3) is 3.78. The van der Waals surface area contributed by atoms with E-state index >= 15 is 0 Å². The molecule has 4 rings (SSSR count). The maximum Gasteiger partial charge on any atom is 0.157 e. The fourth-order valence-corrected chi connectivity index (χ4v) is 3.91. The number of pyridine rings is 1. The average molecular weight is 397 g/mol. The van der Waals surface area contributed by atoms with E-state index < -0.39 is 0 Å². The van der Waals surface area contributed by atoms with Crippen LogP contribution in [0, 0.1) is 13.8 Å². The van der Waals surface area contributed by atoms with Crippen LogP contribution in [0.15, 0.2) is 53.5 Å². The molecule has 0 saturated heterocycles. The molecule has 2 aromatic heterocycles. The number of para-hydroxylation sites is 1. The predicted molar refractivity (Wildman–Crippen MR) is 126 cm³/mol. The van der Waals surface area contributed by atoms with Crippen molar-refractivity contribution in [1.82, 2.24) is 15.0 Å². The van der Waals surface area contributed by atoms with Crippen LogP contribution in [0.25, 0.3) is 22.6 Å². The zero-order chi connectivity index (χ0) is 21.3. The first-order chi connectivity index (χ1) is 14.5. The normalized spacial score (nSPS) is 12.0. The highest BCUT2D eigenvalue weighted by Crippen LogP contribution is 2.29. The summed E-state index contributed by atoms with van der Waals surface area (Å²) in [5.41, 5.74) is 10.7. The summed E-state index contributed by atoms with van der Waals surface area (Å²) < 4.78 is 0. The predicted octanol–water partition coefficient (Wildman–Crippen LogP) is 6.51. The number of hydrogen-bond acceptors (Lipinski definition) is 3. The fourth-order valence-electron chi connectivity index (χ4n) is 3.91. The first kappa shape index (κ1) is 20.0. The third-order valence-electron chi connectivity index (χ3n) is 5.53. The summed E-state index contributed by atoms with van der Waals surface area (Å²) in [5, 5.41) is 0. The van der Waals surface area contributed by atoms with E-state index in [2.05, 4.69) is 50.9 Å². The Hall–Kier alpha value is -3.27. The van der Waals surface area contributed by atoms with Crippen LogP contribution in [0.3, 0.4) is 0 Å². The van der Waals surface area contributed by atoms with Crippen molar-refractivity contribution in [3.05, 3.63) is 76.5 Å². The Bertz CT molecular complexity index is 1220. The molecule has 0 fully saturated rings. The molecule has 0 aliphatic carbocycles. The SMILES string of the molecule is CCc1cc(C)cc(CC)c1N=C(C)c1cccc(-c2nc3c(C)cccc3[nH]2)n1. The quantitative estimate of drug-likeness (QED) is 0.391. The average Bonchev–Trinajstić information content (AvgIpc) is 3.20. The first-order valence-electron chi connectivity index (χ1n) is 10.6. The van der Waals surface area contributed by atoms with Gasteiger partial charge in [-0.25, -0.2) is 9.97 Å². The van der Waals surface area contributed by atoms with Gasteiger partial charge in [-0.1, -0.05) is 49.7 Å². The highest BCUT2D eigenvalue weighted by molar-refractivity contribution is 5.99. The molecule has 30 heavy (non-hydrogen) atoms. The van der Waals surface area contributed by atoms with Crippen LogP contribution in [-0.2, 0) is 12.8 Å². The lowest BCUT2D eigenvalue weighted by Gasteiger charge is -2.12. The number of nitrogens with zero attached hydrogens (tertiary/aromatic N) is 3. The summed E-state index contributed by atoms with van der Waals surface area (Å²) in [7, 11) is 0. The number of fused-ring (bicyclic) bond motifs is 1. The zero-order valence-electron chi connectivity index (χ0n) is 18.4. The highest BCUT2D eigenvalue weighted by atomic mass is 15.0. The maximum absolute atomic E-state index is 5.03. The molecule has 1 N–H and O–H groups in total. The summed E-state index contributed by atoms with van der Waals surface area (Å²) in [6.45, 7) is 10.6. The molecule has 0 aliphatic rings. The Morgan fingerprint density at radius 2 is 1.63 bits per heavy atom. The number of aryl methyl sites for hydroxylation is 4. The van der Waals surface area contributed by atoms with Gasteiger partial charge in [0.2, 0.25) is 0 Å². The maximum atomic E-state index is 5.03. The van der Waals surface area contributed by atoms with E-state index in [0.29, 0.717) is 0 Å². The van der Waals surface area contributed by atoms with Crippen LogP contribution in [0.5, 0.6) is 0 Å². The Morgan fingerprint density at radius 3 is 2.30 bits per heavy atom. The minimum absolute atomic E-state index is 0.785. The molecule has 0 saturated carbocycles. The topological polar surface area (TPSA) is 53.9 Å². The molecule has 4 nitrogen and oxygen atoms in total. The molecule has 2 heterocycles. The number of hydrogen-bond donors (Lipinski definition) is 1. The van der Waals surface area contributed by atoms with E-state index in [4.69, 9.17) is 15.0 Å². The van der Waals surface area contributed by atoms with E-state index in [1.807, 2.05) is 37.3 Å². The smallest absolute Gasteiger partial charge is 0.157 e. The van der Waals surface area contributed by atoms with Crippen molar-refractivity contribution < 1.29 is 0 Å². The Balaban J connectivity index is 1.76. The van der Waals surface area contributed by atoms with Crippen molar-refractivity contribution in [1.29, 1.82) is 0 Å². The number of aliphatic imine (C=N–C) groups is 1. The molecule has 2 aromatic carbocycles. The van der Waals surface area contributed by atoms with Crippen LogP contribution in [-0.4, -0.2) is 20.7 Å². The number of aromatic amines is 1. The molecular formula is C26H28N4. The van der Waals surface area contributed by atoms with Gasteiger partial charge in [-0.3, -0.25) is 4.99 Å². The summed E-state index contributed by atoms with van der Waals surface area (Å²) in [6.07, 6.45) is 1.93. The molecule has 152 valence electrons. The second-order valence-corrected chi connectivity index (χ2v) is 7.80. The highest BCUT2D eigenvalue weighted by Gasteiger charge is 2.12. The zero-order valence-corrected chi connectivity index (χ0v) is 18.4. The van der Waals surface area contributed by atoms with Gasteiger partial charge < -0.3 is 4.98 Å². The van der Waals surface area contributed by atoms with E-state index in [0.717, 1.165) is 58.0 Å². The minimum atomic E-state index is 0.785. The van der Waals surface area contributed by atoms with E-state index in [9.17, 15) is 0 Å². The number of rotatable bonds is 5. The number of imidazole rings is 1. The molecule has 0 atom stereocenters. The lowest BCUT2D eigenvalue weighted by molar-refractivity contribution is 1.07. The van der Waals surface area contributed by atoms with Gasteiger partial charge in [-0.15, -0.1) is 0 Å². The monoisotopic (exact) mass is 396 g/mol. The van der Waals surface area contributed by atoms with Gasteiger partial charge in [0.25, 0.3) is 0 Å². The van der Waals surface area contributed by atoms with E-state index in [1.54, 1.807) is 0 Å². The number of H-pyrrole nitrogens is 1.